The van der Waals surface area contributed by atoms with E-state index in [1.165, 1.54) is 0 Å². The number of carbonyl (C=O) groups is 1. The quantitative estimate of drug-likeness (QED) is 0.710. The van der Waals surface area contributed by atoms with Gasteiger partial charge in [0.2, 0.25) is 0 Å². The smallest absolute Gasteiger partial charge is 0.253 e. The second kappa shape index (κ2) is 10.2. The number of aromatic nitrogens is 1. The Kier molecular flexibility index (Phi) is 7.20. The lowest BCUT2D eigenvalue weighted by Gasteiger charge is -2.39. The Morgan fingerprint density at radius 3 is 2.61 bits per heavy atom. The van der Waals surface area contributed by atoms with E-state index in [4.69, 9.17) is 9.47 Å². The summed E-state index contributed by atoms with van der Waals surface area (Å²) in [5.41, 5.74) is 1.70. The number of carbonyl (C=O) groups excluding carboxylic acids is 1. The molecule has 0 bridgehead atoms. The Hall–Kier alpha value is -2.44. The lowest BCUT2D eigenvalue weighted by atomic mass is 9.95. The molecular formula is C25H33N3O3. The number of amides is 1. The van der Waals surface area contributed by atoms with Gasteiger partial charge >= 0.3 is 0 Å². The standard InChI is InChI=1S/C25H33N3O3/c1-19-15-27(16-20(2)31-19)17-21-8-11-28(12-9-21)25(29)23-6-3-7-24(13-23)30-18-22-5-4-10-26-14-22/h3-7,10,13-14,19-21H,8-9,11-12,15-18H2,1-2H3. The van der Waals surface area contributed by atoms with Crippen LogP contribution < -0.4 is 4.74 Å². The summed E-state index contributed by atoms with van der Waals surface area (Å²) in [6.45, 7) is 9.51. The molecule has 6 heteroatoms. The molecule has 31 heavy (non-hydrogen) atoms. The third-order valence-corrected chi connectivity index (χ3v) is 6.12. The monoisotopic (exact) mass is 423 g/mol. The van der Waals surface area contributed by atoms with Gasteiger partial charge in [-0.05, 0) is 56.9 Å². The molecule has 3 heterocycles. The first kappa shape index (κ1) is 21.8. The van der Waals surface area contributed by atoms with Gasteiger partial charge in [0.05, 0.1) is 12.2 Å². The van der Waals surface area contributed by atoms with Crippen molar-refractivity contribution in [3.05, 3.63) is 59.9 Å². The van der Waals surface area contributed by atoms with Gasteiger partial charge in [-0.15, -0.1) is 0 Å². The lowest BCUT2D eigenvalue weighted by Crippen LogP contribution is -2.48. The molecule has 0 aliphatic carbocycles. The fraction of sp³-hybridized carbons (Fsp3) is 0.520. The molecule has 2 aromatic rings. The molecular weight excluding hydrogens is 390 g/mol. The van der Waals surface area contributed by atoms with E-state index in [2.05, 4.69) is 23.7 Å². The van der Waals surface area contributed by atoms with Crippen molar-refractivity contribution in [1.82, 2.24) is 14.8 Å². The van der Waals surface area contributed by atoms with E-state index in [0.717, 1.165) is 51.1 Å². The van der Waals surface area contributed by atoms with Crippen LogP contribution in [0.3, 0.4) is 0 Å². The maximum absolute atomic E-state index is 13.0. The van der Waals surface area contributed by atoms with E-state index in [1.807, 2.05) is 41.3 Å². The predicted molar refractivity (Wildman–Crippen MR) is 120 cm³/mol. The van der Waals surface area contributed by atoms with Crippen LogP contribution in [0.5, 0.6) is 5.75 Å². The number of benzene rings is 1. The van der Waals surface area contributed by atoms with Gasteiger partial charge < -0.3 is 14.4 Å². The third kappa shape index (κ3) is 6.05. The summed E-state index contributed by atoms with van der Waals surface area (Å²) >= 11 is 0. The largest absolute Gasteiger partial charge is 0.489 e. The van der Waals surface area contributed by atoms with Crippen LogP contribution >= 0.6 is 0 Å². The SMILES string of the molecule is CC1CN(CC2CCN(C(=O)c3cccc(OCc4cccnc4)c3)CC2)CC(C)O1. The summed E-state index contributed by atoms with van der Waals surface area (Å²) in [5, 5.41) is 0. The molecule has 166 valence electrons. The molecule has 2 aliphatic rings. The molecule has 2 fully saturated rings. The Bertz CT molecular complexity index is 842. The maximum atomic E-state index is 13.0. The summed E-state index contributed by atoms with van der Waals surface area (Å²) in [7, 11) is 0. The summed E-state index contributed by atoms with van der Waals surface area (Å²) < 4.78 is 11.7. The summed E-state index contributed by atoms with van der Waals surface area (Å²) in [4.78, 5) is 21.7. The zero-order valence-corrected chi connectivity index (χ0v) is 18.6. The molecule has 1 aromatic carbocycles. The average Bonchev–Trinajstić information content (AvgIpc) is 2.78. The van der Waals surface area contributed by atoms with Crippen molar-refractivity contribution in [3.8, 4) is 5.75 Å². The van der Waals surface area contributed by atoms with Crippen molar-refractivity contribution in [2.45, 2.75) is 45.5 Å². The maximum Gasteiger partial charge on any atom is 0.253 e. The highest BCUT2D eigenvalue weighted by Gasteiger charge is 2.28. The molecule has 4 rings (SSSR count). The van der Waals surface area contributed by atoms with E-state index < -0.39 is 0 Å². The zero-order chi connectivity index (χ0) is 21.6. The van der Waals surface area contributed by atoms with Crippen LogP contribution in [-0.2, 0) is 11.3 Å². The van der Waals surface area contributed by atoms with E-state index in [1.54, 1.807) is 12.4 Å². The van der Waals surface area contributed by atoms with Crippen LogP contribution in [-0.4, -0.2) is 65.6 Å². The van der Waals surface area contributed by atoms with Crippen LogP contribution in [0.4, 0.5) is 0 Å². The molecule has 0 saturated carbocycles. The first-order valence-electron chi connectivity index (χ1n) is 11.4. The van der Waals surface area contributed by atoms with Crippen LogP contribution in [0, 0.1) is 5.92 Å². The predicted octanol–water partition coefficient (Wildman–Crippen LogP) is 3.62. The fourth-order valence-electron chi connectivity index (χ4n) is 4.67. The highest BCUT2D eigenvalue weighted by Crippen LogP contribution is 2.23. The summed E-state index contributed by atoms with van der Waals surface area (Å²) in [6.07, 6.45) is 6.26. The van der Waals surface area contributed by atoms with Crippen molar-refractivity contribution in [2.24, 2.45) is 5.92 Å². The lowest BCUT2D eigenvalue weighted by molar-refractivity contribution is -0.0728. The van der Waals surface area contributed by atoms with Gasteiger partial charge in [0, 0.05) is 56.2 Å². The molecule has 0 radical (unpaired) electrons. The van der Waals surface area contributed by atoms with Crippen LogP contribution in [0.25, 0.3) is 0 Å². The number of hydrogen-bond acceptors (Lipinski definition) is 5. The normalized spacial score (nSPS) is 23.0. The summed E-state index contributed by atoms with van der Waals surface area (Å²) in [5.74, 6) is 1.45. The van der Waals surface area contributed by atoms with Crippen molar-refractivity contribution in [3.63, 3.8) is 0 Å². The topological polar surface area (TPSA) is 54.9 Å². The van der Waals surface area contributed by atoms with E-state index in [0.29, 0.717) is 36.0 Å². The molecule has 1 aromatic heterocycles. The Balaban J connectivity index is 1.27. The van der Waals surface area contributed by atoms with Gasteiger partial charge in [0.1, 0.15) is 12.4 Å². The fourth-order valence-corrected chi connectivity index (χ4v) is 4.67. The van der Waals surface area contributed by atoms with Crippen molar-refractivity contribution in [1.29, 1.82) is 0 Å². The Labute approximate surface area is 185 Å². The third-order valence-electron chi connectivity index (χ3n) is 6.12. The van der Waals surface area contributed by atoms with Gasteiger partial charge in [-0.1, -0.05) is 12.1 Å². The molecule has 0 spiro atoms. The Morgan fingerprint density at radius 1 is 1.13 bits per heavy atom. The van der Waals surface area contributed by atoms with Crippen molar-refractivity contribution < 1.29 is 14.3 Å². The molecule has 0 N–H and O–H groups in total. The minimum atomic E-state index is 0.0962. The van der Waals surface area contributed by atoms with E-state index in [9.17, 15) is 4.79 Å². The average molecular weight is 424 g/mol. The van der Waals surface area contributed by atoms with Gasteiger partial charge in [0.15, 0.2) is 0 Å². The number of nitrogens with zero attached hydrogens (tertiary/aromatic N) is 3. The Morgan fingerprint density at radius 2 is 1.90 bits per heavy atom. The van der Waals surface area contributed by atoms with Gasteiger partial charge in [-0.25, -0.2) is 0 Å². The van der Waals surface area contributed by atoms with Gasteiger partial charge in [-0.2, -0.15) is 0 Å². The second-order valence-corrected chi connectivity index (χ2v) is 8.89. The molecule has 1 amide bonds. The van der Waals surface area contributed by atoms with Crippen LogP contribution in [0.2, 0.25) is 0 Å². The number of likely N-dealkylation sites (tertiary alicyclic amines) is 1. The number of pyridine rings is 1. The second-order valence-electron chi connectivity index (χ2n) is 8.89. The number of piperidine rings is 1. The number of ether oxygens (including phenoxy) is 2. The molecule has 2 atom stereocenters. The van der Waals surface area contributed by atoms with Crippen molar-refractivity contribution >= 4 is 5.91 Å². The van der Waals surface area contributed by atoms with Crippen molar-refractivity contribution in [2.75, 3.05) is 32.7 Å². The number of hydrogen-bond donors (Lipinski definition) is 0. The van der Waals surface area contributed by atoms with E-state index in [-0.39, 0.29) is 5.91 Å². The van der Waals surface area contributed by atoms with Crippen LogP contribution in [0.15, 0.2) is 48.8 Å². The first-order chi connectivity index (χ1) is 15.1. The number of morpholine rings is 1. The molecule has 2 aliphatic heterocycles. The van der Waals surface area contributed by atoms with Gasteiger partial charge in [0.25, 0.3) is 5.91 Å². The minimum Gasteiger partial charge on any atom is -0.489 e. The first-order valence-corrected chi connectivity index (χ1v) is 11.4. The molecule has 2 saturated heterocycles. The highest BCUT2D eigenvalue weighted by atomic mass is 16.5. The van der Waals surface area contributed by atoms with Gasteiger partial charge in [-0.3, -0.25) is 14.7 Å². The zero-order valence-electron chi connectivity index (χ0n) is 18.6. The molecule has 2 unspecified atom stereocenters. The summed E-state index contributed by atoms with van der Waals surface area (Å²) in [6, 6.07) is 11.4. The minimum absolute atomic E-state index is 0.0962. The van der Waals surface area contributed by atoms with E-state index >= 15 is 0 Å². The number of rotatable bonds is 6. The highest BCUT2D eigenvalue weighted by molar-refractivity contribution is 5.94. The van der Waals surface area contributed by atoms with Crippen LogP contribution in [0.1, 0.15) is 42.6 Å². The molecule has 6 nitrogen and oxygen atoms in total.